The molecule has 1 amide bonds. The maximum absolute atomic E-state index is 13.3. The van der Waals surface area contributed by atoms with Gasteiger partial charge in [0, 0.05) is 19.5 Å². The van der Waals surface area contributed by atoms with Crippen LogP contribution in [0.15, 0.2) is 53.6 Å². The molecule has 0 unspecified atom stereocenters. The molecule has 2 aromatic rings. The van der Waals surface area contributed by atoms with Crippen LogP contribution in [0, 0.1) is 0 Å². The SMILES string of the molecule is O=C(CSC(=S)N1CCCCC1)N1N=C(c2ccc3c(c2)CCCC3)C[C@H]1c1ccccc1. The second-order valence-electron chi connectivity index (χ2n) is 9.21. The van der Waals surface area contributed by atoms with Gasteiger partial charge in [0.15, 0.2) is 0 Å². The number of fused-ring (bicyclic) bond motifs is 1. The van der Waals surface area contributed by atoms with Crippen molar-refractivity contribution in [2.24, 2.45) is 5.10 Å². The Morgan fingerprint density at radius 3 is 2.52 bits per heavy atom. The molecule has 4 nitrogen and oxygen atoms in total. The summed E-state index contributed by atoms with van der Waals surface area (Å²) >= 11 is 7.12. The van der Waals surface area contributed by atoms with Gasteiger partial charge in [0.05, 0.1) is 17.5 Å². The maximum atomic E-state index is 13.3. The van der Waals surface area contributed by atoms with Gasteiger partial charge in [0.25, 0.3) is 5.91 Å². The van der Waals surface area contributed by atoms with Crippen LogP contribution in [0.4, 0.5) is 0 Å². The first kappa shape index (κ1) is 22.6. The first-order chi connectivity index (χ1) is 16.2. The molecule has 2 aromatic carbocycles. The zero-order valence-corrected chi connectivity index (χ0v) is 20.7. The van der Waals surface area contributed by atoms with E-state index in [9.17, 15) is 4.79 Å². The number of benzene rings is 2. The standard InChI is InChI=1S/C27H31N3OS2/c31-26(19-33-27(32)29-15-7-2-8-16-29)30-25(21-10-3-1-4-11-21)18-24(28-30)23-14-13-20-9-5-6-12-22(20)17-23/h1,3-4,10-11,13-14,17,25H,2,5-9,12,15-16,18-19H2/t25-/m0/s1. The lowest BCUT2D eigenvalue weighted by Gasteiger charge is -2.29. The number of rotatable bonds is 4. The third kappa shape index (κ3) is 5.17. The van der Waals surface area contributed by atoms with E-state index in [-0.39, 0.29) is 11.9 Å². The minimum atomic E-state index is -0.0612. The minimum absolute atomic E-state index is 0.0289. The number of amides is 1. The first-order valence-corrected chi connectivity index (χ1v) is 13.6. The molecule has 2 aliphatic heterocycles. The number of nitrogens with zero attached hydrogens (tertiary/aromatic N) is 3. The number of hydrogen-bond donors (Lipinski definition) is 0. The van der Waals surface area contributed by atoms with Gasteiger partial charge in [-0.1, -0.05) is 66.4 Å². The molecule has 33 heavy (non-hydrogen) atoms. The van der Waals surface area contributed by atoms with Crippen LogP contribution in [0.3, 0.4) is 0 Å². The third-order valence-corrected chi connectivity index (χ3v) is 8.47. The smallest absolute Gasteiger partial charge is 0.253 e. The van der Waals surface area contributed by atoms with Crippen molar-refractivity contribution in [2.45, 2.75) is 57.4 Å². The number of aryl methyl sites for hydroxylation is 2. The summed E-state index contributed by atoms with van der Waals surface area (Å²) < 4.78 is 0.845. The van der Waals surface area contributed by atoms with Crippen molar-refractivity contribution in [2.75, 3.05) is 18.8 Å². The Kier molecular flexibility index (Phi) is 7.12. The average molecular weight is 478 g/mol. The summed E-state index contributed by atoms with van der Waals surface area (Å²) in [7, 11) is 0. The van der Waals surface area contributed by atoms with Crippen molar-refractivity contribution < 1.29 is 4.79 Å². The fraction of sp³-hybridized carbons (Fsp3) is 0.444. The molecular formula is C27H31N3OS2. The van der Waals surface area contributed by atoms with Crippen molar-refractivity contribution in [1.82, 2.24) is 9.91 Å². The lowest BCUT2D eigenvalue weighted by Crippen LogP contribution is -2.34. The van der Waals surface area contributed by atoms with Crippen molar-refractivity contribution in [1.29, 1.82) is 0 Å². The largest absolute Gasteiger partial charge is 0.358 e. The van der Waals surface area contributed by atoms with E-state index in [4.69, 9.17) is 17.3 Å². The van der Waals surface area contributed by atoms with E-state index >= 15 is 0 Å². The molecule has 0 aromatic heterocycles. The van der Waals surface area contributed by atoms with Gasteiger partial charge in [-0.15, -0.1) is 0 Å². The second kappa shape index (κ2) is 10.4. The van der Waals surface area contributed by atoms with E-state index in [1.807, 2.05) is 18.2 Å². The van der Waals surface area contributed by atoms with E-state index in [0.29, 0.717) is 5.75 Å². The van der Waals surface area contributed by atoms with Gasteiger partial charge < -0.3 is 4.90 Å². The Labute approximate surface area is 206 Å². The normalized spacial score (nSPS) is 20.4. The summed E-state index contributed by atoms with van der Waals surface area (Å²) in [6.07, 6.45) is 9.25. The van der Waals surface area contributed by atoms with E-state index in [1.54, 1.807) is 5.01 Å². The first-order valence-electron chi connectivity index (χ1n) is 12.2. The maximum Gasteiger partial charge on any atom is 0.253 e. The fourth-order valence-corrected chi connectivity index (χ4v) is 6.22. The van der Waals surface area contributed by atoms with E-state index < -0.39 is 0 Å². The van der Waals surface area contributed by atoms with Crippen LogP contribution in [0.2, 0.25) is 0 Å². The summed E-state index contributed by atoms with van der Waals surface area (Å²) in [6.45, 7) is 2.02. The van der Waals surface area contributed by atoms with Crippen LogP contribution in [-0.4, -0.2) is 44.7 Å². The Balaban J connectivity index is 1.34. The molecule has 1 saturated heterocycles. The predicted octanol–water partition coefficient (Wildman–Crippen LogP) is 5.75. The van der Waals surface area contributed by atoms with Gasteiger partial charge in [-0.3, -0.25) is 4.79 Å². The highest BCUT2D eigenvalue weighted by Gasteiger charge is 2.33. The highest BCUT2D eigenvalue weighted by molar-refractivity contribution is 8.23. The predicted molar refractivity (Wildman–Crippen MR) is 141 cm³/mol. The molecule has 5 rings (SSSR count). The Morgan fingerprint density at radius 2 is 1.73 bits per heavy atom. The van der Waals surface area contributed by atoms with Gasteiger partial charge >= 0.3 is 0 Å². The fourth-order valence-electron chi connectivity index (χ4n) is 5.12. The van der Waals surface area contributed by atoms with Gasteiger partial charge in [0.2, 0.25) is 0 Å². The average Bonchev–Trinajstić information content (AvgIpc) is 3.33. The Morgan fingerprint density at radius 1 is 0.970 bits per heavy atom. The molecule has 1 atom stereocenters. The molecule has 1 fully saturated rings. The van der Waals surface area contributed by atoms with E-state index in [1.165, 1.54) is 61.4 Å². The van der Waals surface area contributed by atoms with Crippen LogP contribution in [0.5, 0.6) is 0 Å². The van der Waals surface area contributed by atoms with E-state index in [0.717, 1.165) is 47.1 Å². The number of hydrazone groups is 1. The van der Waals surface area contributed by atoms with Crippen molar-refractivity contribution >= 4 is 39.9 Å². The summed E-state index contributed by atoms with van der Waals surface area (Å²) in [5, 5.41) is 6.60. The molecular weight excluding hydrogens is 446 g/mol. The number of thioether (sulfide) groups is 1. The topological polar surface area (TPSA) is 35.9 Å². The zero-order chi connectivity index (χ0) is 22.6. The number of piperidine rings is 1. The molecule has 0 N–H and O–H groups in total. The molecule has 0 spiro atoms. The molecule has 0 radical (unpaired) electrons. The van der Waals surface area contributed by atoms with Gasteiger partial charge in [-0.2, -0.15) is 5.10 Å². The van der Waals surface area contributed by atoms with E-state index in [2.05, 4.69) is 35.2 Å². The third-order valence-electron chi connectivity index (χ3n) is 6.97. The molecule has 172 valence electrons. The van der Waals surface area contributed by atoms with Gasteiger partial charge in [-0.25, -0.2) is 5.01 Å². The lowest BCUT2D eigenvalue weighted by molar-refractivity contribution is -0.130. The van der Waals surface area contributed by atoms with Crippen molar-refractivity contribution in [3.05, 3.63) is 70.8 Å². The number of hydrogen-bond acceptors (Lipinski definition) is 4. The molecule has 2 heterocycles. The second-order valence-corrected chi connectivity index (χ2v) is 10.8. The van der Waals surface area contributed by atoms with Crippen LogP contribution >= 0.6 is 24.0 Å². The summed E-state index contributed by atoms with van der Waals surface area (Å²) in [4.78, 5) is 15.6. The number of carbonyl (C=O) groups excluding carboxylic acids is 1. The number of carbonyl (C=O) groups is 1. The summed E-state index contributed by atoms with van der Waals surface area (Å²) in [5.74, 6) is 0.362. The molecule has 0 bridgehead atoms. The monoisotopic (exact) mass is 477 g/mol. The number of likely N-dealkylation sites (tertiary alicyclic amines) is 1. The molecule has 0 saturated carbocycles. The van der Waals surface area contributed by atoms with Crippen LogP contribution in [0.25, 0.3) is 0 Å². The van der Waals surface area contributed by atoms with Crippen LogP contribution < -0.4 is 0 Å². The zero-order valence-electron chi connectivity index (χ0n) is 19.0. The van der Waals surface area contributed by atoms with Crippen molar-refractivity contribution in [3.63, 3.8) is 0 Å². The summed E-state index contributed by atoms with van der Waals surface area (Å²) in [6, 6.07) is 17.0. The van der Waals surface area contributed by atoms with Gasteiger partial charge in [0.1, 0.15) is 4.32 Å². The minimum Gasteiger partial charge on any atom is -0.358 e. The van der Waals surface area contributed by atoms with Crippen LogP contribution in [-0.2, 0) is 17.6 Å². The molecule has 6 heteroatoms. The van der Waals surface area contributed by atoms with Crippen LogP contribution in [0.1, 0.15) is 66.8 Å². The highest BCUT2D eigenvalue weighted by atomic mass is 32.2. The van der Waals surface area contributed by atoms with Gasteiger partial charge in [-0.05, 0) is 73.3 Å². The Hall–Kier alpha value is -2.18. The lowest BCUT2D eigenvalue weighted by atomic mass is 9.89. The highest BCUT2D eigenvalue weighted by Crippen LogP contribution is 2.34. The molecule has 1 aliphatic carbocycles. The quantitative estimate of drug-likeness (QED) is 0.526. The van der Waals surface area contributed by atoms with Crippen molar-refractivity contribution in [3.8, 4) is 0 Å². The summed E-state index contributed by atoms with van der Waals surface area (Å²) in [5.41, 5.74) is 6.22. The number of thiocarbonyl (C=S) groups is 1. The Bertz CT molecular complexity index is 1050. The molecule has 3 aliphatic rings.